The lowest BCUT2D eigenvalue weighted by molar-refractivity contribution is 0.396. The van der Waals surface area contributed by atoms with Gasteiger partial charge in [-0.2, -0.15) is 0 Å². The second-order valence-corrected chi connectivity index (χ2v) is 3.78. The van der Waals surface area contributed by atoms with Crippen molar-refractivity contribution in [1.29, 1.82) is 0 Å². The van der Waals surface area contributed by atoms with Crippen molar-refractivity contribution in [2.75, 3.05) is 7.11 Å². The molecule has 1 aromatic heterocycles. The number of halogens is 1. The van der Waals surface area contributed by atoms with Gasteiger partial charge in [0.25, 0.3) is 0 Å². The van der Waals surface area contributed by atoms with Crippen LogP contribution in [0.4, 0.5) is 0 Å². The summed E-state index contributed by atoms with van der Waals surface area (Å²) in [6, 6.07) is 7.82. The molecule has 2 rings (SSSR count). The molecule has 0 radical (unpaired) electrons. The van der Waals surface area contributed by atoms with E-state index >= 15 is 0 Å². The van der Waals surface area contributed by atoms with Crippen LogP contribution in [0.2, 0.25) is 5.15 Å². The van der Waals surface area contributed by atoms with Gasteiger partial charge in [0.05, 0.1) is 13.3 Å². The Bertz CT molecular complexity index is 511. The van der Waals surface area contributed by atoms with Gasteiger partial charge in [-0.1, -0.05) is 17.7 Å². The standard InChI is InChI=1S/C12H13ClN2O2/c1-3-15-11(13)8-14-12(15)17-10-6-4-5-9(7-10)16-2/h4-8H,3H2,1-2H3. The molecule has 0 saturated heterocycles. The van der Waals surface area contributed by atoms with Crippen LogP contribution in [0.5, 0.6) is 17.5 Å². The zero-order valence-electron chi connectivity index (χ0n) is 9.68. The third kappa shape index (κ3) is 2.53. The molecule has 4 nitrogen and oxygen atoms in total. The Hall–Kier alpha value is -1.68. The van der Waals surface area contributed by atoms with Crippen LogP contribution < -0.4 is 9.47 Å². The minimum Gasteiger partial charge on any atom is -0.497 e. The van der Waals surface area contributed by atoms with E-state index < -0.39 is 0 Å². The monoisotopic (exact) mass is 252 g/mol. The van der Waals surface area contributed by atoms with Crippen LogP contribution >= 0.6 is 11.6 Å². The number of hydrogen-bond donors (Lipinski definition) is 0. The second kappa shape index (κ2) is 5.10. The lowest BCUT2D eigenvalue weighted by Crippen LogP contribution is -1.98. The number of ether oxygens (including phenoxy) is 2. The lowest BCUT2D eigenvalue weighted by Gasteiger charge is -2.08. The van der Waals surface area contributed by atoms with Gasteiger partial charge in [-0.25, -0.2) is 4.98 Å². The van der Waals surface area contributed by atoms with Gasteiger partial charge in [0.2, 0.25) is 0 Å². The van der Waals surface area contributed by atoms with Gasteiger partial charge in [-0.05, 0) is 19.1 Å². The van der Waals surface area contributed by atoms with Crippen LogP contribution in [0, 0.1) is 0 Å². The summed E-state index contributed by atoms with van der Waals surface area (Å²) >= 11 is 5.97. The van der Waals surface area contributed by atoms with Gasteiger partial charge in [-0.3, -0.25) is 4.57 Å². The molecule has 1 heterocycles. The largest absolute Gasteiger partial charge is 0.497 e. The fraction of sp³-hybridized carbons (Fsp3) is 0.250. The SMILES string of the molecule is CCn1c(Cl)cnc1Oc1cccc(OC)c1. The number of methoxy groups -OCH3 is 1. The smallest absolute Gasteiger partial charge is 0.303 e. The first-order valence-electron chi connectivity index (χ1n) is 5.27. The third-order valence-corrected chi connectivity index (χ3v) is 2.64. The van der Waals surface area contributed by atoms with Gasteiger partial charge < -0.3 is 9.47 Å². The van der Waals surface area contributed by atoms with Crippen molar-refractivity contribution >= 4 is 11.6 Å². The van der Waals surface area contributed by atoms with E-state index in [-0.39, 0.29) is 0 Å². The predicted octanol–water partition coefficient (Wildman–Crippen LogP) is 3.36. The third-order valence-electron chi connectivity index (χ3n) is 2.34. The Morgan fingerprint density at radius 1 is 1.35 bits per heavy atom. The normalized spacial score (nSPS) is 10.3. The first-order valence-corrected chi connectivity index (χ1v) is 5.65. The molecule has 1 aromatic carbocycles. The fourth-order valence-electron chi connectivity index (χ4n) is 1.48. The van der Waals surface area contributed by atoms with Crippen LogP contribution in [-0.2, 0) is 6.54 Å². The zero-order valence-corrected chi connectivity index (χ0v) is 10.4. The van der Waals surface area contributed by atoms with E-state index in [0.29, 0.717) is 23.5 Å². The van der Waals surface area contributed by atoms with Gasteiger partial charge >= 0.3 is 6.01 Å². The average molecular weight is 253 g/mol. The number of nitrogens with zero attached hydrogens (tertiary/aromatic N) is 2. The number of hydrogen-bond acceptors (Lipinski definition) is 3. The first-order chi connectivity index (χ1) is 8.24. The van der Waals surface area contributed by atoms with Gasteiger partial charge in [0.15, 0.2) is 0 Å². The van der Waals surface area contributed by atoms with Crippen molar-refractivity contribution in [2.45, 2.75) is 13.5 Å². The molecule has 0 spiro atoms. The topological polar surface area (TPSA) is 36.3 Å². The highest BCUT2D eigenvalue weighted by Crippen LogP contribution is 2.26. The molecule has 5 heteroatoms. The van der Waals surface area contributed by atoms with Gasteiger partial charge in [-0.15, -0.1) is 0 Å². The Morgan fingerprint density at radius 3 is 2.82 bits per heavy atom. The maximum absolute atomic E-state index is 5.97. The molecule has 0 unspecified atom stereocenters. The summed E-state index contributed by atoms with van der Waals surface area (Å²) in [5, 5.41) is 0.561. The van der Waals surface area contributed by atoms with E-state index in [0.717, 1.165) is 5.75 Å². The molecule has 2 aromatic rings. The highest BCUT2D eigenvalue weighted by Gasteiger charge is 2.09. The molecule has 0 fully saturated rings. The Kier molecular flexibility index (Phi) is 3.54. The Morgan fingerprint density at radius 2 is 2.12 bits per heavy atom. The molecule has 0 aliphatic carbocycles. The molecule has 0 saturated carbocycles. The van der Waals surface area contributed by atoms with Gasteiger partial charge in [0.1, 0.15) is 16.7 Å². The molecule has 90 valence electrons. The van der Waals surface area contributed by atoms with Crippen molar-refractivity contribution < 1.29 is 9.47 Å². The van der Waals surface area contributed by atoms with Crippen LogP contribution in [-0.4, -0.2) is 16.7 Å². The van der Waals surface area contributed by atoms with E-state index in [1.165, 1.54) is 0 Å². The first kappa shape index (κ1) is 11.8. The molecule has 0 aliphatic rings. The second-order valence-electron chi connectivity index (χ2n) is 3.39. The summed E-state index contributed by atoms with van der Waals surface area (Å²) in [4.78, 5) is 4.11. The molecule has 17 heavy (non-hydrogen) atoms. The summed E-state index contributed by atoms with van der Waals surface area (Å²) < 4.78 is 12.6. The number of imidazole rings is 1. The van der Waals surface area contributed by atoms with Crippen LogP contribution in [0.3, 0.4) is 0 Å². The van der Waals surface area contributed by atoms with Crippen molar-refractivity contribution in [3.8, 4) is 17.5 Å². The van der Waals surface area contributed by atoms with E-state index in [1.807, 2.05) is 25.1 Å². The lowest BCUT2D eigenvalue weighted by atomic mass is 10.3. The highest BCUT2D eigenvalue weighted by atomic mass is 35.5. The van der Waals surface area contributed by atoms with Crippen molar-refractivity contribution in [1.82, 2.24) is 9.55 Å². The summed E-state index contributed by atoms with van der Waals surface area (Å²) in [6.45, 7) is 2.68. The maximum atomic E-state index is 5.97. The number of aromatic nitrogens is 2. The summed E-state index contributed by atoms with van der Waals surface area (Å²) in [5.74, 6) is 1.41. The van der Waals surface area contributed by atoms with Crippen LogP contribution in [0.25, 0.3) is 0 Å². The minimum absolute atomic E-state index is 0.478. The molecule has 0 N–H and O–H groups in total. The van der Waals surface area contributed by atoms with E-state index in [4.69, 9.17) is 21.1 Å². The van der Waals surface area contributed by atoms with Crippen molar-refractivity contribution in [3.63, 3.8) is 0 Å². The van der Waals surface area contributed by atoms with Crippen molar-refractivity contribution in [3.05, 3.63) is 35.6 Å². The minimum atomic E-state index is 0.478. The summed E-state index contributed by atoms with van der Waals surface area (Å²) in [6.07, 6.45) is 1.57. The quantitative estimate of drug-likeness (QED) is 0.837. The Labute approximate surface area is 105 Å². The molecular weight excluding hydrogens is 240 g/mol. The number of rotatable bonds is 4. The molecule has 0 aliphatic heterocycles. The van der Waals surface area contributed by atoms with Crippen LogP contribution in [0.1, 0.15) is 6.92 Å². The molecule has 0 bridgehead atoms. The van der Waals surface area contributed by atoms with E-state index in [2.05, 4.69) is 4.98 Å². The average Bonchev–Trinajstić information content (AvgIpc) is 2.70. The Balaban J connectivity index is 2.24. The summed E-state index contributed by atoms with van der Waals surface area (Å²) in [7, 11) is 1.61. The molecular formula is C12H13ClN2O2. The van der Waals surface area contributed by atoms with E-state index in [1.54, 1.807) is 23.9 Å². The van der Waals surface area contributed by atoms with Crippen LogP contribution in [0.15, 0.2) is 30.5 Å². The maximum Gasteiger partial charge on any atom is 0.303 e. The molecule has 0 atom stereocenters. The highest BCUT2D eigenvalue weighted by molar-refractivity contribution is 6.29. The van der Waals surface area contributed by atoms with E-state index in [9.17, 15) is 0 Å². The predicted molar refractivity (Wildman–Crippen MR) is 66.0 cm³/mol. The van der Waals surface area contributed by atoms with Crippen molar-refractivity contribution in [2.24, 2.45) is 0 Å². The summed E-state index contributed by atoms with van der Waals surface area (Å²) in [5.41, 5.74) is 0. The fourth-order valence-corrected chi connectivity index (χ4v) is 1.72. The zero-order chi connectivity index (χ0) is 12.3. The van der Waals surface area contributed by atoms with Gasteiger partial charge in [0, 0.05) is 12.6 Å². The number of benzene rings is 1. The molecule has 0 amide bonds.